The minimum absolute atomic E-state index is 0.00851. The molecule has 0 aliphatic carbocycles. The fraction of sp³-hybridized carbons (Fsp3) is 0.211. The fourth-order valence-electron chi connectivity index (χ4n) is 3.15. The third-order valence-electron chi connectivity index (χ3n) is 4.34. The average Bonchev–Trinajstić information content (AvgIpc) is 2.88. The Balaban J connectivity index is 2.32. The molecule has 2 heterocycles. The lowest BCUT2D eigenvalue weighted by molar-refractivity contribution is 0.268. The molecule has 3 N–H and O–H groups in total. The van der Waals surface area contributed by atoms with Crippen LogP contribution in [-0.4, -0.2) is 26.5 Å². The van der Waals surface area contributed by atoms with Crippen molar-refractivity contribution in [3.63, 3.8) is 0 Å². The van der Waals surface area contributed by atoms with Gasteiger partial charge in [0.05, 0.1) is 30.1 Å². The van der Waals surface area contributed by atoms with E-state index in [-0.39, 0.29) is 35.8 Å². The van der Waals surface area contributed by atoms with Gasteiger partial charge in [-0.15, -0.1) is 0 Å². The minimum atomic E-state index is -0.776. The number of benzene rings is 1. The molecule has 3 rings (SSSR count). The number of nitrogens with two attached hydrogens (primary N) is 1. The Kier molecular flexibility index (Phi) is 4.88. The Morgan fingerprint density at radius 2 is 1.89 bits per heavy atom. The van der Waals surface area contributed by atoms with Crippen LogP contribution in [0, 0.1) is 36.8 Å². The first kappa shape index (κ1) is 18.5. The molecule has 1 aromatic carbocycles. The van der Waals surface area contributed by atoms with E-state index in [9.17, 15) is 19.1 Å². The van der Waals surface area contributed by atoms with Gasteiger partial charge in [-0.25, -0.2) is 13.8 Å². The second kappa shape index (κ2) is 7.13. The number of aryl methyl sites for hydroxylation is 1. The Morgan fingerprint density at radius 3 is 2.48 bits per heavy atom. The zero-order chi connectivity index (χ0) is 19.7. The summed E-state index contributed by atoms with van der Waals surface area (Å²) in [6.45, 7) is 3.71. The molecule has 0 saturated heterocycles. The summed E-state index contributed by atoms with van der Waals surface area (Å²) in [6, 6.07) is 6.96. The van der Waals surface area contributed by atoms with Gasteiger partial charge in [0.25, 0.3) is 0 Å². The molecule has 0 unspecified atom stereocenters. The molecule has 0 aliphatic heterocycles. The van der Waals surface area contributed by atoms with Crippen LogP contribution < -0.4 is 5.73 Å². The van der Waals surface area contributed by atoms with Crippen LogP contribution in [0.15, 0.2) is 24.3 Å². The number of aliphatic hydroxyl groups excluding tert-OH is 1. The third kappa shape index (κ3) is 3.13. The van der Waals surface area contributed by atoms with Crippen molar-refractivity contribution in [2.75, 3.05) is 12.3 Å². The number of pyridine rings is 1. The highest BCUT2D eigenvalue weighted by molar-refractivity contribution is 5.82. The van der Waals surface area contributed by atoms with Gasteiger partial charge in [0.1, 0.15) is 29.1 Å². The molecule has 0 fully saturated rings. The van der Waals surface area contributed by atoms with Crippen molar-refractivity contribution < 1.29 is 13.9 Å². The molecule has 0 spiro atoms. The monoisotopic (exact) mass is 369 g/mol. The van der Waals surface area contributed by atoms with E-state index in [1.165, 1.54) is 12.1 Å². The van der Waals surface area contributed by atoms with Crippen LogP contribution in [0.1, 0.15) is 17.0 Å². The van der Waals surface area contributed by atoms with Gasteiger partial charge >= 0.3 is 0 Å². The van der Waals surface area contributed by atoms with E-state index in [1.807, 2.05) is 6.07 Å². The standard InChI is InChI=1S/C19H17F2N5O/c1-10-17(11(2)26(25-10)6-7-27)12-8-16(24-19(23)13(12)9-22)18-14(20)4-3-5-15(18)21/h3-5,8,27H,6-7H2,1-2H3,(H2,23,24). The Hall–Kier alpha value is -3.31. The van der Waals surface area contributed by atoms with Gasteiger partial charge in [0.2, 0.25) is 0 Å². The van der Waals surface area contributed by atoms with E-state index in [2.05, 4.69) is 10.1 Å². The highest BCUT2D eigenvalue weighted by Crippen LogP contribution is 2.36. The average molecular weight is 369 g/mol. The van der Waals surface area contributed by atoms with Gasteiger partial charge in [-0.05, 0) is 32.0 Å². The second-order valence-electron chi connectivity index (χ2n) is 6.02. The quantitative estimate of drug-likeness (QED) is 0.736. The van der Waals surface area contributed by atoms with E-state index >= 15 is 0 Å². The molecule has 0 saturated carbocycles. The van der Waals surface area contributed by atoms with Gasteiger partial charge in [0.15, 0.2) is 0 Å². The number of aromatic nitrogens is 3. The van der Waals surface area contributed by atoms with E-state index in [0.29, 0.717) is 22.5 Å². The van der Waals surface area contributed by atoms with Crippen molar-refractivity contribution in [3.05, 3.63) is 52.9 Å². The van der Waals surface area contributed by atoms with Crippen LogP contribution in [0.4, 0.5) is 14.6 Å². The van der Waals surface area contributed by atoms with Gasteiger partial charge in [0, 0.05) is 16.8 Å². The fourth-order valence-corrected chi connectivity index (χ4v) is 3.15. The highest BCUT2D eigenvalue weighted by atomic mass is 19.1. The van der Waals surface area contributed by atoms with Gasteiger partial charge in [-0.1, -0.05) is 6.07 Å². The zero-order valence-electron chi connectivity index (χ0n) is 14.8. The first-order valence-corrected chi connectivity index (χ1v) is 8.19. The van der Waals surface area contributed by atoms with Crippen molar-refractivity contribution in [1.29, 1.82) is 5.26 Å². The zero-order valence-corrected chi connectivity index (χ0v) is 14.8. The number of rotatable bonds is 4. The number of halogens is 2. The SMILES string of the molecule is Cc1nn(CCO)c(C)c1-c1cc(-c2c(F)cccc2F)nc(N)c1C#N. The molecule has 0 atom stereocenters. The maximum atomic E-state index is 14.2. The van der Waals surface area contributed by atoms with Crippen molar-refractivity contribution in [3.8, 4) is 28.5 Å². The van der Waals surface area contributed by atoms with Crippen molar-refractivity contribution >= 4 is 5.82 Å². The number of nitrogens with zero attached hydrogens (tertiary/aromatic N) is 4. The molecule has 27 heavy (non-hydrogen) atoms. The number of nitriles is 1. The van der Waals surface area contributed by atoms with Crippen LogP contribution in [0.5, 0.6) is 0 Å². The lowest BCUT2D eigenvalue weighted by Crippen LogP contribution is -2.06. The van der Waals surface area contributed by atoms with E-state index in [0.717, 1.165) is 12.1 Å². The van der Waals surface area contributed by atoms with Crippen LogP contribution in [0.3, 0.4) is 0 Å². The second-order valence-corrected chi connectivity index (χ2v) is 6.02. The molecule has 2 aromatic heterocycles. The topological polar surface area (TPSA) is 101 Å². The molecule has 0 aliphatic rings. The summed E-state index contributed by atoms with van der Waals surface area (Å²) in [5.74, 6) is -1.68. The summed E-state index contributed by atoms with van der Waals surface area (Å²) >= 11 is 0. The number of hydrogen-bond donors (Lipinski definition) is 2. The molecule has 0 bridgehead atoms. The molecule has 138 valence electrons. The maximum absolute atomic E-state index is 14.2. The molecule has 3 aromatic rings. The van der Waals surface area contributed by atoms with Crippen molar-refractivity contribution in [2.24, 2.45) is 0 Å². The van der Waals surface area contributed by atoms with Crippen LogP contribution in [0.25, 0.3) is 22.4 Å². The van der Waals surface area contributed by atoms with Crippen molar-refractivity contribution in [1.82, 2.24) is 14.8 Å². The molecular weight excluding hydrogens is 352 g/mol. The molecule has 8 heteroatoms. The lowest BCUT2D eigenvalue weighted by atomic mass is 9.96. The normalized spacial score (nSPS) is 10.8. The first-order chi connectivity index (χ1) is 12.9. The maximum Gasteiger partial charge on any atom is 0.142 e. The molecule has 0 amide bonds. The van der Waals surface area contributed by atoms with E-state index in [4.69, 9.17) is 5.73 Å². The molecule has 0 radical (unpaired) electrons. The van der Waals surface area contributed by atoms with Crippen LogP contribution in [0.2, 0.25) is 0 Å². The van der Waals surface area contributed by atoms with Crippen LogP contribution >= 0.6 is 0 Å². The summed E-state index contributed by atoms with van der Waals surface area (Å²) in [6.07, 6.45) is 0. The molecular formula is C19H17F2N5O. The van der Waals surface area contributed by atoms with Gasteiger partial charge < -0.3 is 10.8 Å². The summed E-state index contributed by atoms with van der Waals surface area (Å²) in [5.41, 5.74) is 8.02. The highest BCUT2D eigenvalue weighted by Gasteiger charge is 2.22. The lowest BCUT2D eigenvalue weighted by Gasteiger charge is -2.12. The Morgan fingerprint density at radius 1 is 1.22 bits per heavy atom. The number of aliphatic hydroxyl groups is 1. The summed E-state index contributed by atoms with van der Waals surface area (Å²) in [5, 5.41) is 23.1. The number of hydrogen-bond acceptors (Lipinski definition) is 5. The summed E-state index contributed by atoms with van der Waals surface area (Å²) < 4.78 is 30.0. The Labute approximate surface area is 154 Å². The smallest absolute Gasteiger partial charge is 0.142 e. The third-order valence-corrected chi connectivity index (χ3v) is 4.34. The number of anilines is 1. The van der Waals surface area contributed by atoms with Crippen molar-refractivity contribution in [2.45, 2.75) is 20.4 Å². The first-order valence-electron chi connectivity index (χ1n) is 8.19. The van der Waals surface area contributed by atoms with E-state index in [1.54, 1.807) is 18.5 Å². The number of nitrogen functional groups attached to an aromatic ring is 1. The van der Waals surface area contributed by atoms with Gasteiger partial charge in [-0.2, -0.15) is 10.4 Å². The Bertz CT molecular complexity index is 1050. The molecule has 6 nitrogen and oxygen atoms in total. The van der Waals surface area contributed by atoms with Crippen LogP contribution in [-0.2, 0) is 6.54 Å². The van der Waals surface area contributed by atoms with E-state index < -0.39 is 11.6 Å². The summed E-state index contributed by atoms with van der Waals surface area (Å²) in [7, 11) is 0. The largest absolute Gasteiger partial charge is 0.394 e. The van der Waals surface area contributed by atoms with Gasteiger partial charge in [-0.3, -0.25) is 4.68 Å². The predicted octanol–water partition coefficient (Wildman–Crippen LogP) is 2.95. The summed E-state index contributed by atoms with van der Waals surface area (Å²) in [4.78, 5) is 4.03. The minimum Gasteiger partial charge on any atom is -0.394 e. The predicted molar refractivity (Wildman–Crippen MR) is 96.5 cm³/mol.